The van der Waals surface area contributed by atoms with Crippen molar-refractivity contribution in [2.75, 3.05) is 0 Å². The first-order valence-corrected chi connectivity index (χ1v) is 9.46. The van der Waals surface area contributed by atoms with E-state index in [1.54, 1.807) is 6.20 Å². The largest absolute Gasteiger partial charge is 0.339 e. The average molecular weight is 356 g/mol. The van der Waals surface area contributed by atoms with Gasteiger partial charge in [-0.1, -0.05) is 31.8 Å². The SMILES string of the molecule is CC(C)c1nc(C2(NC(=O)c3nccc4ccsc34)CCCC2)no1. The van der Waals surface area contributed by atoms with Crippen LogP contribution < -0.4 is 5.32 Å². The summed E-state index contributed by atoms with van der Waals surface area (Å²) in [5.74, 6) is 1.18. The summed E-state index contributed by atoms with van der Waals surface area (Å²) in [5.41, 5.74) is -0.0965. The van der Waals surface area contributed by atoms with E-state index in [1.807, 2.05) is 31.4 Å². The lowest BCUT2D eigenvalue weighted by Gasteiger charge is -2.26. The summed E-state index contributed by atoms with van der Waals surface area (Å²) in [6.07, 6.45) is 5.37. The van der Waals surface area contributed by atoms with Crippen molar-refractivity contribution in [1.29, 1.82) is 0 Å². The van der Waals surface area contributed by atoms with E-state index < -0.39 is 5.54 Å². The van der Waals surface area contributed by atoms with E-state index in [1.165, 1.54) is 11.3 Å². The predicted octanol–water partition coefficient (Wildman–Crippen LogP) is 4.00. The highest BCUT2D eigenvalue weighted by atomic mass is 32.1. The highest BCUT2D eigenvalue weighted by Gasteiger charge is 2.42. The summed E-state index contributed by atoms with van der Waals surface area (Å²) in [6.45, 7) is 4.03. The number of hydrogen-bond donors (Lipinski definition) is 1. The van der Waals surface area contributed by atoms with Crippen LogP contribution in [0.2, 0.25) is 0 Å². The van der Waals surface area contributed by atoms with Crippen molar-refractivity contribution in [3.63, 3.8) is 0 Å². The first-order chi connectivity index (χ1) is 12.1. The molecule has 1 saturated carbocycles. The molecule has 25 heavy (non-hydrogen) atoms. The van der Waals surface area contributed by atoms with Crippen LogP contribution >= 0.6 is 11.3 Å². The lowest BCUT2D eigenvalue weighted by molar-refractivity contribution is 0.0889. The molecule has 0 spiro atoms. The van der Waals surface area contributed by atoms with Crippen LogP contribution in [-0.4, -0.2) is 21.0 Å². The average Bonchev–Trinajstić information content (AvgIpc) is 3.34. The number of pyridine rings is 1. The molecule has 6 nitrogen and oxygen atoms in total. The standard InChI is InChI=1S/C18H20N4O2S/c1-11(2)16-20-17(22-24-16)18(7-3-4-8-18)21-15(23)13-14-12(5-9-19-13)6-10-25-14/h5-6,9-11H,3-4,7-8H2,1-2H3,(H,21,23). The summed E-state index contributed by atoms with van der Waals surface area (Å²) in [7, 11) is 0. The molecular formula is C18H20N4O2S. The maximum Gasteiger partial charge on any atom is 0.272 e. The van der Waals surface area contributed by atoms with Gasteiger partial charge in [-0.2, -0.15) is 4.98 Å². The minimum Gasteiger partial charge on any atom is -0.339 e. The Labute approximate surface area is 149 Å². The van der Waals surface area contributed by atoms with E-state index in [0.717, 1.165) is 35.8 Å². The summed E-state index contributed by atoms with van der Waals surface area (Å²) in [6, 6.07) is 3.92. The van der Waals surface area contributed by atoms with Crippen molar-refractivity contribution in [1.82, 2.24) is 20.4 Å². The second-order valence-corrected chi connectivity index (χ2v) is 7.77. The van der Waals surface area contributed by atoms with Gasteiger partial charge in [0, 0.05) is 12.1 Å². The molecule has 1 N–H and O–H groups in total. The topological polar surface area (TPSA) is 80.9 Å². The van der Waals surface area contributed by atoms with Crippen molar-refractivity contribution in [2.24, 2.45) is 0 Å². The van der Waals surface area contributed by atoms with E-state index >= 15 is 0 Å². The van der Waals surface area contributed by atoms with E-state index in [9.17, 15) is 4.79 Å². The second-order valence-electron chi connectivity index (χ2n) is 6.85. The Bertz CT molecular complexity index is 909. The number of nitrogens with zero attached hydrogens (tertiary/aromatic N) is 3. The summed E-state index contributed by atoms with van der Waals surface area (Å²) >= 11 is 1.53. The molecule has 1 fully saturated rings. The van der Waals surface area contributed by atoms with Crippen LogP contribution in [-0.2, 0) is 5.54 Å². The predicted molar refractivity (Wildman–Crippen MR) is 95.6 cm³/mol. The lowest BCUT2D eigenvalue weighted by atomic mass is 9.96. The molecule has 130 valence electrons. The number of hydrogen-bond acceptors (Lipinski definition) is 6. The number of rotatable bonds is 4. The Morgan fingerprint density at radius 2 is 2.12 bits per heavy atom. The molecule has 0 bridgehead atoms. The van der Waals surface area contributed by atoms with Gasteiger partial charge in [0.25, 0.3) is 5.91 Å². The number of nitrogens with one attached hydrogen (secondary N) is 1. The molecule has 4 rings (SSSR count). The number of amides is 1. The van der Waals surface area contributed by atoms with E-state index in [4.69, 9.17) is 4.52 Å². The third-order valence-corrected chi connectivity index (χ3v) is 5.69. The first kappa shape index (κ1) is 16.2. The number of carbonyl (C=O) groups excluding carboxylic acids is 1. The highest BCUT2D eigenvalue weighted by Crippen LogP contribution is 2.38. The minimum absolute atomic E-state index is 0.164. The Morgan fingerprint density at radius 3 is 2.84 bits per heavy atom. The molecule has 1 aliphatic rings. The van der Waals surface area contributed by atoms with E-state index in [0.29, 0.717) is 17.4 Å². The number of aromatic nitrogens is 3. The minimum atomic E-state index is -0.561. The van der Waals surface area contributed by atoms with E-state index in [-0.39, 0.29) is 11.8 Å². The molecule has 1 aliphatic carbocycles. The van der Waals surface area contributed by atoms with Crippen LogP contribution in [0, 0.1) is 0 Å². The van der Waals surface area contributed by atoms with Crippen molar-refractivity contribution in [2.45, 2.75) is 51.0 Å². The van der Waals surface area contributed by atoms with Gasteiger partial charge in [0.1, 0.15) is 11.2 Å². The molecule has 0 aromatic carbocycles. The Hall–Kier alpha value is -2.28. The number of fused-ring (bicyclic) bond motifs is 1. The molecule has 0 atom stereocenters. The monoisotopic (exact) mass is 356 g/mol. The zero-order chi connectivity index (χ0) is 17.4. The van der Waals surface area contributed by atoms with Crippen LogP contribution in [0.4, 0.5) is 0 Å². The molecule has 0 aliphatic heterocycles. The fraction of sp³-hybridized carbons (Fsp3) is 0.444. The van der Waals surface area contributed by atoms with E-state index in [2.05, 4.69) is 20.4 Å². The second kappa shape index (κ2) is 6.22. The van der Waals surface area contributed by atoms with Crippen LogP contribution in [0.5, 0.6) is 0 Å². The molecule has 3 aromatic rings. The zero-order valence-electron chi connectivity index (χ0n) is 14.3. The van der Waals surface area contributed by atoms with Gasteiger partial charge < -0.3 is 9.84 Å². The molecule has 0 radical (unpaired) electrons. The number of carbonyl (C=O) groups is 1. The Morgan fingerprint density at radius 1 is 1.32 bits per heavy atom. The van der Waals surface area contributed by atoms with Gasteiger partial charge in [-0.3, -0.25) is 4.79 Å². The fourth-order valence-electron chi connectivity index (χ4n) is 3.38. The first-order valence-electron chi connectivity index (χ1n) is 8.58. The van der Waals surface area contributed by atoms with Crippen molar-refractivity contribution >= 4 is 27.3 Å². The molecule has 0 saturated heterocycles. The summed E-state index contributed by atoms with van der Waals surface area (Å²) in [5, 5.41) is 10.4. The van der Waals surface area contributed by atoms with Gasteiger partial charge in [0.05, 0.1) is 4.70 Å². The molecule has 3 heterocycles. The maximum atomic E-state index is 13.0. The van der Waals surface area contributed by atoms with Gasteiger partial charge >= 0.3 is 0 Å². The van der Waals surface area contributed by atoms with Crippen LogP contribution in [0.3, 0.4) is 0 Å². The molecule has 1 amide bonds. The third-order valence-electron chi connectivity index (χ3n) is 4.76. The lowest BCUT2D eigenvalue weighted by Crippen LogP contribution is -2.45. The molecule has 0 unspecified atom stereocenters. The fourth-order valence-corrected chi connectivity index (χ4v) is 4.26. The van der Waals surface area contributed by atoms with Crippen molar-refractivity contribution in [3.05, 3.63) is 41.1 Å². The normalized spacial score (nSPS) is 16.6. The summed E-state index contributed by atoms with van der Waals surface area (Å²) < 4.78 is 6.29. The number of thiophene rings is 1. The third kappa shape index (κ3) is 2.82. The van der Waals surface area contributed by atoms with Crippen LogP contribution in [0.25, 0.3) is 10.1 Å². The van der Waals surface area contributed by atoms with Gasteiger partial charge in [0.2, 0.25) is 5.89 Å². The molecule has 7 heteroatoms. The molecule has 3 aromatic heterocycles. The Balaban J connectivity index is 1.67. The van der Waals surface area contributed by atoms with Crippen LogP contribution in [0.15, 0.2) is 28.2 Å². The van der Waals surface area contributed by atoms with Gasteiger partial charge in [-0.25, -0.2) is 4.98 Å². The molecular weight excluding hydrogens is 336 g/mol. The van der Waals surface area contributed by atoms with Crippen molar-refractivity contribution < 1.29 is 9.32 Å². The quantitative estimate of drug-likeness (QED) is 0.764. The highest BCUT2D eigenvalue weighted by molar-refractivity contribution is 7.17. The zero-order valence-corrected chi connectivity index (χ0v) is 15.1. The smallest absolute Gasteiger partial charge is 0.272 e. The Kier molecular flexibility index (Phi) is 4.03. The van der Waals surface area contributed by atoms with Gasteiger partial charge in [-0.05, 0) is 35.7 Å². The van der Waals surface area contributed by atoms with Crippen molar-refractivity contribution in [3.8, 4) is 0 Å². The maximum absolute atomic E-state index is 13.0. The van der Waals surface area contributed by atoms with Gasteiger partial charge in [-0.15, -0.1) is 11.3 Å². The summed E-state index contributed by atoms with van der Waals surface area (Å²) in [4.78, 5) is 21.8. The van der Waals surface area contributed by atoms with Gasteiger partial charge in [0.15, 0.2) is 5.82 Å². The van der Waals surface area contributed by atoms with Crippen LogP contribution in [0.1, 0.15) is 67.7 Å².